The molecule has 13 heavy (non-hydrogen) atoms. The Morgan fingerprint density at radius 2 is 2.23 bits per heavy atom. The second-order valence-corrected chi connectivity index (χ2v) is 3.64. The first kappa shape index (κ1) is 10.3. The molecule has 0 heterocycles. The van der Waals surface area contributed by atoms with E-state index >= 15 is 0 Å². The van der Waals surface area contributed by atoms with Gasteiger partial charge in [-0.2, -0.15) is 0 Å². The third kappa shape index (κ3) is 2.34. The zero-order valence-electron chi connectivity index (χ0n) is 7.93. The molecule has 0 spiro atoms. The Morgan fingerprint density at radius 3 is 2.77 bits per heavy atom. The van der Waals surface area contributed by atoms with Gasteiger partial charge in [0.05, 0.1) is 6.61 Å². The molecule has 1 nitrogen and oxygen atoms in total. The van der Waals surface area contributed by atoms with Crippen LogP contribution < -0.4 is 0 Å². The van der Waals surface area contributed by atoms with Gasteiger partial charge in [-0.05, 0) is 25.5 Å². The molecule has 0 N–H and O–H groups in total. The van der Waals surface area contributed by atoms with Crippen molar-refractivity contribution >= 4 is 21.7 Å². The van der Waals surface area contributed by atoms with Crippen LogP contribution in [0.2, 0.25) is 0 Å². The summed E-state index contributed by atoms with van der Waals surface area (Å²) in [5, 5.41) is 0. The minimum Gasteiger partial charge on any atom is -0.494 e. The average molecular weight is 241 g/mol. The number of halogens is 1. The summed E-state index contributed by atoms with van der Waals surface area (Å²) in [5.41, 5.74) is 2.23. The molecular formula is C11H13BrO. The molecule has 0 saturated carbocycles. The normalized spacial score (nSPS) is 9.77. The molecule has 0 radical (unpaired) electrons. The van der Waals surface area contributed by atoms with Gasteiger partial charge in [0.15, 0.2) is 0 Å². The van der Waals surface area contributed by atoms with E-state index in [9.17, 15) is 0 Å². The fraction of sp³-hybridized carbons (Fsp3) is 0.273. The number of hydrogen-bond acceptors (Lipinski definition) is 1. The van der Waals surface area contributed by atoms with E-state index in [0.29, 0.717) is 6.61 Å². The number of hydrogen-bond donors (Lipinski definition) is 0. The van der Waals surface area contributed by atoms with Crippen LogP contribution in [0, 0.1) is 6.92 Å². The highest BCUT2D eigenvalue weighted by atomic mass is 79.9. The molecule has 0 amide bonds. The van der Waals surface area contributed by atoms with Crippen LogP contribution in [0.4, 0.5) is 0 Å². The fourth-order valence-electron chi connectivity index (χ4n) is 1.23. The highest BCUT2D eigenvalue weighted by molar-refractivity contribution is 9.10. The van der Waals surface area contributed by atoms with Crippen LogP contribution in [-0.2, 0) is 4.74 Å². The van der Waals surface area contributed by atoms with Gasteiger partial charge < -0.3 is 4.74 Å². The lowest BCUT2D eigenvalue weighted by Crippen LogP contribution is -1.94. The molecule has 0 aliphatic heterocycles. The van der Waals surface area contributed by atoms with Gasteiger partial charge in [-0.1, -0.05) is 34.6 Å². The van der Waals surface area contributed by atoms with Gasteiger partial charge in [-0.15, -0.1) is 0 Å². The summed E-state index contributed by atoms with van der Waals surface area (Å²) in [6, 6.07) is 6.04. The Morgan fingerprint density at radius 1 is 1.54 bits per heavy atom. The van der Waals surface area contributed by atoms with E-state index in [-0.39, 0.29) is 0 Å². The summed E-state index contributed by atoms with van der Waals surface area (Å²) >= 11 is 3.48. The second kappa shape index (κ2) is 4.47. The average Bonchev–Trinajstić information content (AvgIpc) is 2.04. The Kier molecular flexibility index (Phi) is 3.55. The molecule has 0 unspecified atom stereocenters. The van der Waals surface area contributed by atoms with Crippen molar-refractivity contribution < 1.29 is 4.74 Å². The van der Waals surface area contributed by atoms with Crippen molar-refractivity contribution in [1.29, 1.82) is 0 Å². The van der Waals surface area contributed by atoms with Crippen LogP contribution in [0.1, 0.15) is 18.1 Å². The Hall–Kier alpha value is -0.760. The maximum absolute atomic E-state index is 5.37. The molecule has 0 saturated heterocycles. The molecule has 0 fully saturated rings. The van der Waals surface area contributed by atoms with Crippen molar-refractivity contribution in [2.24, 2.45) is 0 Å². The smallest absolute Gasteiger partial charge is 0.120 e. The Bertz CT molecular complexity index is 298. The standard InChI is InChI=1S/C11H13BrO/c1-4-13-9(3)11-8(2)6-5-7-10(11)12/h5-7H,3-4H2,1-2H3. The van der Waals surface area contributed by atoms with Crippen LogP contribution >= 0.6 is 15.9 Å². The lowest BCUT2D eigenvalue weighted by Gasteiger charge is -2.11. The first-order valence-corrected chi connectivity index (χ1v) is 5.03. The molecule has 0 aliphatic rings. The van der Waals surface area contributed by atoms with Crippen molar-refractivity contribution in [2.75, 3.05) is 6.61 Å². The minimum atomic E-state index is 0.652. The summed E-state index contributed by atoms with van der Waals surface area (Å²) in [5.74, 6) is 0.729. The molecule has 2 heteroatoms. The predicted molar refractivity (Wildman–Crippen MR) is 59.5 cm³/mol. The van der Waals surface area contributed by atoms with E-state index in [1.807, 2.05) is 32.0 Å². The summed E-state index contributed by atoms with van der Waals surface area (Å²) in [6.45, 7) is 8.54. The van der Waals surface area contributed by atoms with Crippen LogP contribution in [0.25, 0.3) is 5.76 Å². The van der Waals surface area contributed by atoms with Crippen LogP contribution in [0.15, 0.2) is 29.3 Å². The second-order valence-electron chi connectivity index (χ2n) is 2.79. The van der Waals surface area contributed by atoms with E-state index in [1.165, 1.54) is 5.56 Å². The SMILES string of the molecule is C=C(OCC)c1c(C)cccc1Br. The quantitative estimate of drug-likeness (QED) is 0.732. The van der Waals surface area contributed by atoms with Crippen LogP contribution in [0.3, 0.4) is 0 Å². The first-order chi connectivity index (χ1) is 6.16. The van der Waals surface area contributed by atoms with Gasteiger partial charge in [0, 0.05) is 10.0 Å². The van der Waals surface area contributed by atoms with Gasteiger partial charge in [0.25, 0.3) is 0 Å². The first-order valence-electron chi connectivity index (χ1n) is 4.24. The van der Waals surface area contributed by atoms with Crippen molar-refractivity contribution in [3.8, 4) is 0 Å². The number of ether oxygens (including phenoxy) is 1. The summed E-state index contributed by atoms with van der Waals surface area (Å²) in [6.07, 6.45) is 0. The van der Waals surface area contributed by atoms with Gasteiger partial charge in [-0.25, -0.2) is 0 Å². The van der Waals surface area contributed by atoms with Gasteiger partial charge in [0.2, 0.25) is 0 Å². The van der Waals surface area contributed by atoms with E-state index in [4.69, 9.17) is 4.74 Å². The topological polar surface area (TPSA) is 9.23 Å². The van der Waals surface area contributed by atoms with E-state index in [1.54, 1.807) is 0 Å². The van der Waals surface area contributed by atoms with Gasteiger partial charge in [-0.3, -0.25) is 0 Å². The number of aryl methyl sites for hydroxylation is 1. The summed E-state index contributed by atoms with van der Waals surface area (Å²) in [4.78, 5) is 0. The zero-order chi connectivity index (χ0) is 9.84. The summed E-state index contributed by atoms with van der Waals surface area (Å²) in [7, 11) is 0. The van der Waals surface area contributed by atoms with E-state index in [2.05, 4.69) is 22.5 Å². The molecule has 70 valence electrons. The van der Waals surface area contributed by atoms with Crippen molar-refractivity contribution in [3.63, 3.8) is 0 Å². The molecular weight excluding hydrogens is 228 g/mol. The lowest BCUT2D eigenvalue weighted by molar-refractivity contribution is 0.299. The van der Waals surface area contributed by atoms with Crippen molar-refractivity contribution in [2.45, 2.75) is 13.8 Å². The molecule has 1 rings (SSSR count). The van der Waals surface area contributed by atoms with Crippen LogP contribution in [-0.4, -0.2) is 6.61 Å². The fourth-order valence-corrected chi connectivity index (χ4v) is 1.92. The minimum absolute atomic E-state index is 0.652. The van der Waals surface area contributed by atoms with Gasteiger partial charge in [0.1, 0.15) is 5.76 Å². The van der Waals surface area contributed by atoms with Gasteiger partial charge >= 0.3 is 0 Å². The Balaban J connectivity index is 3.05. The number of benzene rings is 1. The maximum Gasteiger partial charge on any atom is 0.120 e. The predicted octanol–water partition coefficient (Wildman–Crippen LogP) is 3.76. The van der Waals surface area contributed by atoms with Crippen LogP contribution in [0.5, 0.6) is 0 Å². The van der Waals surface area contributed by atoms with E-state index in [0.717, 1.165) is 15.8 Å². The molecule has 1 aromatic carbocycles. The third-order valence-corrected chi connectivity index (χ3v) is 2.48. The highest BCUT2D eigenvalue weighted by Gasteiger charge is 2.07. The number of rotatable bonds is 3. The molecule has 0 bridgehead atoms. The molecule has 0 aromatic heterocycles. The monoisotopic (exact) mass is 240 g/mol. The van der Waals surface area contributed by atoms with Crippen molar-refractivity contribution in [1.82, 2.24) is 0 Å². The summed E-state index contributed by atoms with van der Waals surface area (Å²) < 4.78 is 6.40. The Labute approximate surface area is 87.5 Å². The molecule has 1 aromatic rings. The van der Waals surface area contributed by atoms with E-state index < -0.39 is 0 Å². The highest BCUT2D eigenvalue weighted by Crippen LogP contribution is 2.26. The van der Waals surface area contributed by atoms with Crippen molar-refractivity contribution in [3.05, 3.63) is 40.4 Å². The molecule has 0 aliphatic carbocycles. The largest absolute Gasteiger partial charge is 0.494 e. The zero-order valence-corrected chi connectivity index (χ0v) is 9.52. The molecule has 0 atom stereocenters. The third-order valence-electron chi connectivity index (χ3n) is 1.82. The maximum atomic E-state index is 5.37. The lowest BCUT2D eigenvalue weighted by atomic mass is 10.1.